The molecule has 1 aromatic carbocycles. The Bertz CT molecular complexity index is 486. The van der Waals surface area contributed by atoms with E-state index in [0.29, 0.717) is 6.04 Å². The normalized spacial score (nSPS) is 31.3. The summed E-state index contributed by atoms with van der Waals surface area (Å²) in [6.45, 7) is 2.03. The van der Waals surface area contributed by atoms with Gasteiger partial charge in [0.2, 0.25) is 0 Å². The highest BCUT2D eigenvalue weighted by molar-refractivity contribution is 14.0. The number of nitrogens with zero attached hydrogens (tertiary/aromatic N) is 1. The molecule has 3 unspecified atom stereocenters. The van der Waals surface area contributed by atoms with Crippen molar-refractivity contribution in [1.82, 2.24) is 10.6 Å². The fourth-order valence-corrected chi connectivity index (χ4v) is 3.34. The van der Waals surface area contributed by atoms with E-state index in [4.69, 9.17) is 0 Å². The van der Waals surface area contributed by atoms with Gasteiger partial charge in [0.15, 0.2) is 5.96 Å². The molecule has 18 heavy (non-hydrogen) atoms. The lowest BCUT2D eigenvalue weighted by Gasteiger charge is -2.17. The fourth-order valence-electron chi connectivity index (χ4n) is 3.34. The van der Waals surface area contributed by atoms with Gasteiger partial charge in [-0.15, -0.1) is 24.0 Å². The molecule has 4 heteroatoms. The molecule has 1 saturated carbocycles. The molecule has 0 amide bonds. The molecule has 1 heterocycles. The smallest absolute Gasteiger partial charge is 0.191 e. The number of halogens is 1. The monoisotopic (exact) mass is 355 g/mol. The summed E-state index contributed by atoms with van der Waals surface area (Å²) < 4.78 is 0. The van der Waals surface area contributed by atoms with Gasteiger partial charge in [0, 0.05) is 25.0 Å². The molecule has 1 aromatic rings. The fraction of sp³-hybridized carbons (Fsp3) is 0.500. The molecule has 3 aliphatic rings. The number of rotatable bonds is 1. The maximum atomic E-state index is 4.49. The van der Waals surface area contributed by atoms with Crippen LogP contribution in [-0.4, -0.2) is 25.1 Å². The van der Waals surface area contributed by atoms with E-state index in [2.05, 4.69) is 39.9 Å². The van der Waals surface area contributed by atoms with E-state index < -0.39 is 0 Å². The summed E-state index contributed by atoms with van der Waals surface area (Å²) in [5, 5.41) is 6.92. The van der Waals surface area contributed by atoms with E-state index in [9.17, 15) is 0 Å². The third kappa shape index (κ3) is 1.90. The van der Waals surface area contributed by atoms with Crippen LogP contribution in [0.25, 0.3) is 0 Å². The number of aliphatic imine (C=N–C) groups is 1. The minimum Gasteiger partial charge on any atom is -0.356 e. The van der Waals surface area contributed by atoms with Crippen molar-refractivity contribution in [3.63, 3.8) is 0 Å². The van der Waals surface area contributed by atoms with Crippen molar-refractivity contribution in [3.05, 3.63) is 35.4 Å². The van der Waals surface area contributed by atoms with Crippen LogP contribution >= 0.6 is 24.0 Å². The summed E-state index contributed by atoms with van der Waals surface area (Å²) in [4.78, 5) is 4.49. The average molecular weight is 355 g/mol. The molecular weight excluding hydrogens is 337 g/mol. The Balaban J connectivity index is 0.000001000. The number of hydrogen-bond donors (Lipinski definition) is 2. The van der Waals surface area contributed by atoms with Crippen molar-refractivity contribution >= 4 is 29.9 Å². The quantitative estimate of drug-likeness (QED) is 0.755. The Kier molecular flexibility index (Phi) is 3.21. The van der Waals surface area contributed by atoms with E-state index in [1.165, 1.54) is 6.42 Å². The molecule has 1 fully saturated rings. The van der Waals surface area contributed by atoms with Crippen LogP contribution in [0.1, 0.15) is 23.5 Å². The Morgan fingerprint density at radius 2 is 2.17 bits per heavy atom. The number of nitrogens with one attached hydrogen (secondary N) is 2. The molecule has 1 aliphatic heterocycles. The van der Waals surface area contributed by atoms with Crippen LogP contribution < -0.4 is 10.6 Å². The standard InChI is InChI=1S/C14H17N3.HI/c1-2-5-10-9(4-1)8-11-12(10)13(11)17-14-15-6-3-7-16-14;/h1-2,4-5,11-13H,3,6-8H2,(H2,15,16,17);1H. The topological polar surface area (TPSA) is 36.4 Å². The summed E-state index contributed by atoms with van der Waals surface area (Å²) >= 11 is 0. The largest absolute Gasteiger partial charge is 0.356 e. The van der Waals surface area contributed by atoms with Gasteiger partial charge < -0.3 is 10.6 Å². The summed E-state index contributed by atoms with van der Waals surface area (Å²) in [7, 11) is 0. The van der Waals surface area contributed by atoms with Crippen LogP contribution in [0.4, 0.5) is 0 Å². The lowest BCUT2D eigenvalue weighted by atomic mass is 10.1. The third-order valence-corrected chi connectivity index (χ3v) is 4.24. The van der Waals surface area contributed by atoms with Crippen LogP contribution in [0.15, 0.2) is 29.3 Å². The molecule has 0 radical (unpaired) electrons. The summed E-state index contributed by atoms with van der Waals surface area (Å²) in [5.74, 6) is 2.56. The van der Waals surface area contributed by atoms with E-state index >= 15 is 0 Å². The second-order valence-electron chi connectivity index (χ2n) is 5.27. The first kappa shape index (κ1) is 12.3. The molecule has 0 saturated heterocycles. The van der Waals surface area contributed by atoms with Gasteiger partial charge in [-0.05, 0) is 29.9 Å². The van der Waals surface area contributed by atoms with E-state index in [1.54, 1.807) is 11.1 Å². The van der Waals surface area contributed by atoms with Crippen molar-refractivity contribution in [1.29, 1.82) is 0 Å². The minimum absolute atomic E-state index is 0. The number of fused-ring (bicyclic) bond motifs is 3. The van der Waals surface area contributed by atoms with Crippen LogP contribution in [-0.2, 0) is 6.42 Å². The van der Waals surface area contributed by atoms with Crippen molar-refractivity contribution in [2.24, 2.45) is 10.9 Å². The van der Waals surface area contributed by atoms with Gasteiger partial charge in [-0.25, -0.2) is 0 Å². The van der Waals surface area contributed by atoms with E-state index in [-0.39, 0.29) is 24.0 Å². The maximum Gasteiger partial charge on any atom is 0.191 e. The molecule has 3 nitrogen and oxygen atoms in total. The molecule has 0 spiro atoms. The van der Waals surface area contributed by atoms with Gasteiger partial charge in [0.05, 0.1) is 0 Å². The zero-order chi connectivity index (χ0) is 11.2. The molecule has 2 N–H and O–H groups in total. The molecule has 0 bridgehead atoms. The Morgan fingerprint density at radius 1 is 1.28 bits per heavy atom. The predicted octanol–water partition coefficient (Wildman–Crippen LogP) is 1.88. The molecule has 96 valence electrons. The van der Waals surface area contributed by atoms with E-state index in [1.807, 2.05) is 0 Å². The van der Waals surface area contributed by atoms with E-state index in [0.717, 1.165) is 37.3 Å². The second-order valence-corrected chi connectivity index (χ2v) is 5.27. The first-order chi connectivity index (χ1) is 8.43. The van der Waals surface area contributed by atoms with Crippen molar-refractivity contribution < 1.29 is 0 Å². The molecule has 2 aliphatic carbocycles. The molecule has 0 aromatic heterocycles. The van der Waals surface area contributed by atoms with Gasteiger partial charge in [0.1, 0.15) is 0 Å². The summed E-state index contributed by atoms with van der Waals surface area (Å²) in [5.41, 5.74) is 3.12. The lowest BCUT2D eigenvalue weighted by Crippen LogP contribution is -2.42. The first-order valence-corrected chi connectivity index (χ1v) is 6.56. The van der Waals surface area contributed by atoms with Gasteiger partial charge >= 0.3 is 0 Å². The highest BCUT2D eigenvalue weighted by Crippen LogP contribution is 2.56. The van der Waals surface area contributed by atoms with Crippen LogP contribution in [0.2, 0.25) is 0 Å². The lowest BCUT2D eigenvalue weighted by molar-refractivity contribution is 0.674. The Hall–Kier alpha value is -0.780. The zero-order valence-electron chi connectivity index (χ0n) is 10.2. The Morgan fingerprint density at radius 3 is 3.00 bits per heavy atom. The first-order valence-electron chi connectivity index (χ1n) is 6.56. The number of hydrogen-bond acceptors (Lipinski definition) is 3. The SMILES string of the molecule is I.c1ccc2c(c1)CC1C(NC3=NCCCN3)C21. The molecular formula is C14H18IN3. The second kappa shape index (κ2) is 4.72. The van der Waals surface area contributed by atoms with Gasteiger partial charge in [-0.2, -0.15) is 0 Å². The van der Waals surface area contributed by atoms with Gasteiger partial charge in [-0.3, -0.25) is 4.99 Å². The minimum atomic E-state index is 0. The number of benzene rings is 1. The van der Waals surface area contributed by atoms with Gasteiger partial charge in [0.25, 0.3) is 0 Å². The van der Waals surface area contributed by atoms with Crippen LogP contribution in [0, 0.1) is 5.92 Å². The molecule has 3 atom stereocenters. The maximum absolute atomic E-state index is 4.49. The van der Waals surface area contributed by atoms with Crippen molar-refractivity contribution in [2.75, 3.05) is 13.1 Å². The van der Waals surface area contributed by atoms with Crippen molar-refractivity contribution in [3.8, 4) is 0 Å². The van der Waals surface area contributed by atoms with Crippen molar-refractivity contribution in [2.45, 2.75) is 24.8 Å². The molecule has 4 rings (SSSR count). The third-order valence-electron chi connectivity index (χ3n) is 4.24. The van der Waals surface area contributed by atoms with Crippen LogP contribution in [0.3, 0.4) is 0 Å². The highest BCUT2D eigenvalue weighted by atomic mass is 127. The van der Waals surface area contributed by atoms with Crippen LogP contribution in [0.5, 0.6) is 0 Å². The zero-order valence-corrected chi connectivity index (χ0v) is 12.6. The summed E-state index contributed by atoms with van der Waals surface area (Å²) in [6, 6.07) is 9.49. The number of guanidine groups is 1. The average Bonchev–Trinajstić information content (AvgIpc) is 2.89. The predicted molar refractivity (Wildman–Crippen MR) is 83.6 cm³/mol. The Labute approximate surface area is 124 Å². The summed E-state index contributed by atoms with van der Waals surface area (Å²) in [6.07, 6.45) is 2.40. The van der Waals surface area contributed by atoms with Gasteiger partial charge in [-0.1, -0.05) is 24.3 Å². The highest BCUT2D eigenvalue weighted by Gasteiger charge is 2.55.